The number of hydrogen-bond donors (Lipinski definition) is 2. The predicted octanol–water partition coefficient (Wildman–Crippen LogP) is 1.56. The Morgan fingerprint density at radius 3 is 2.52 bits per heavy atom. The van der Waals surface area contributed by atoms with Gasteiger partial charge in [0.1, 0.15) is 11.6 Å². The highest BCUT2D eigenvalue weighted by atomic mass is 16.6. The summed E-state index contributed by atoms with van der Waals surface area (Å²) < 4.78 is 5.02. The van der Waals surface area contributed by atoms with E-state index in [-0.39, 0.29) is 5.82 Å². The van der Waals surface area contributed by atoms with Gasteiger partial charge in [-0.2, -0.15) is 4.98 Å². The summed E-state index contributed by atoms with van der Waals surface area (Å²) in [5.74, 6) is -0.205. The van der Waals surface area contributed by atoms with Gasteiger partial charge in [-0.05, 0) is 23.8 Å². The van der Waals surface area contributed by atoms with Crippen molar-refractivity contribution in [3.05, 3.63) is 56.1 Å². The third-order valence-corrected chi connectivity index (χ3v) is 2.63. The van der Waals surface area contributed by atoms with Gasteiger partial charge in [0, 0.05) is 0 Å². The smallest absolute Gasteiger partial charge is 0.395 e. The minimum absolute atomic E-state index is 0.0129. The van der Waals surface area contributed by atoms with Crippen molar-refractivity contribution in [3.8, 4) is 11.6 Å². The average molecular weight is 289 g/mol. The molecule has 2 rings (SSSR count). The molecule has 0 amide bonds. The van der Waals surface area contributed by atoms with E-state index in [1.165, 1.54) is 6.08 Å². The maximum absolute atomic E-state index is 11.4. The van der Waals surface area contributed by atoms with Gasteiger partial charge in [0.25, 0.3) is 5.88 Å². The van der Waals surface area contributed by atoms with Gasteiger partial charge in [0.15, 0.2) is 0 Å². The molecule has 1 heterocycles. The van der Waals surface area contributed by atoms with E-state index in [1.807, 2.05) is 0 Å². The number of aromatic nitrogens is 2. The van der Waals surface area contributed by atoms with E-state index in [1.54, 1.807) is 37.5 Å². The van der Waals surface area contributed by atoms with Crippen LogP contribution in [-0.4, -0.2) is 27.1 Å². The Morgan fingerprint density at radius 1 is 1.33 bits per heavy atom. The van der Waals surface area contributed by atoms with Gasteiger partial charge in [0.05, 0.1) is 12.0 Å². The number of ether oxygens (including phenoxy) is 1. The molecule has 0 spiro atoms. The second-order valence-corrected chi connectivity index (χ2v) is 3.99. The van der Waals surface area contributed by atoms with Crippen molar-refractivity contribution in [1.29, 1.82) is 0 Å². The fraction of sp³-hybridized carbons (Fsp3) is 0.0769. The highest BCUT2D eigenvalue weighted by Crippen LogP contribution is 2.18. The average Bonchev–Trinajstić information content (AvgIpc) is 2.44. The normalized spacial score (nSPS) is 10.7. The fourth-order valence-electron chi connectivity index (χ4n) is 1.61. The summed E-state index contributed by atoms with van der Waals surface area (Å²) in [6, 6.07) is 7.06. The van der Waals surface area contributed by atoms with Crippen LogP contribution >= 0.6 is 0 Å². The number of aromatic amines is 1. The van der Waals surface area contributed by atoms with E-state index < -0.39 is 22.0 Å². The summed E-state index contributed by atoms with van der Waals surface area (Å²) in [6.45, 7) is 0. The van der Waals surface area contributed by atoms with Crippen molar-refractivity contribution >= 4 is 17.8 Å². The van der Waals surface area contributed by atoms with Crippen LogP contribution in [0.4, 0.5) is 5.69 Å². The molecule has 21 heavy (non-hydrogen) atoms. The van der Waals surface area contributed by atoms with Crippen LogP contribution in [0, 0.1) is 10.1 Å². The van der Waals surface area contributed by atoms with Crippen LogP contribution in [0.1, 0.15) is 11.4 Å². The lowest BCUT2D eigenvalue weighted by atomic mass is 10.2. The van der Waals surface area contributed by atoms with Gasteiger partial charge in [0.2, 0.25) is 0 Å². The lowest BCUT2D eigenvalue weighted by Gasteiger charge is -1.99. The van der Waals surface area contributed by atoms with E-state index in [2.05, 4.69) is 9.97 Å². The number of methoxy groups -OCH3 is 1. The topological polar surface area (TPSA) is 118 Å². The molecule has 0 saturated heterocycles. The summed E-state index contributed by atoms with van der Waals surface area (Å²) >= 11 is 0. The van der Waals surface area contributed by atoms with Crippen LogP contribution < -0.4 is 10.3 Å². The summed E-state index contributed by atoms with van der Waals surface area (Å²) in [5.41, 5.74) is -1.19. The van der Waals surface area contributed by atoms with Crippen LogP contribution in [0.25, 0.3) is 12.2 Å². The van der Waals surface area contributed by atoms with E-state index in [0.29, 0.717) is 5.75 Å². The number of benzene rings is 1. The standard InChI is InChI=1S/C13H11N3O5/c1-21-9-5-2-8(3-6-9)4-7-10-14-12(17)11(16(19)20)13(18)15-10/h2-7H,1H3,(H2,14,15,17,18)/b7-4-. The van der Waals surface area contributed by atoms with Gasteiger partial charge in [-0.1, -0.05) is 18.2 Å². The number of nitro groups is 1. The summed E-state index contributed by atoms with van der Waals surface area (Å²) in [5, 5.41) is 19.9. The minimum Gasteiger partial charge on any atom is -0.497 e. The Labute approximate surface area is 118 Å². The van der Waals surface area contributed by atoms with E-state index in [9.17, 15) is 20.0 Å². The maximum Gasteiger partial charge on any atom is 0.395 e. The first kappa shape index (κ1) is 14.3. The van der Waals surface area contributed by atoms with Gasteiger partial charge in [-0.3, -0.25) is 14.9 Å². The largest absolute Gasteiger partial charge is 0.497 e. The second kappa shape index (κ2) is 5.87. The van der Waals surface area contributed by atoms with E-state index in [0.717, 1.165) is 5.56 Å². The Bertz CT molecular complexity index is 749. The van der Waals surface area contributed by atoms with Crippen molar-refractivity contribution in [1.82, 2.24) is 9.97 Å². The number of H-pyrrole nitrogens is 1. The molecule has 0 aliphatic rings. The van der Waals surface area contributed by atoms with Crippen LogP contribution in [0.5, 0.6) is 11.6 Å². The molecule has 0 saturated carbocycles. The molecule has 0 radical (unpaired) electrons. The number of aromatic hydroxyl groups is 1. The third-order valence-electron chi connectivity index (χ3n) is 2.63. The Balaban J connectivity index is 2.29. The zero-order chi connectivity index (χ0) is 15.4. The monoisotopic (exact) mass is 289 g/mol. The lowest BCUT2D eigenvalue weighted by Crippen LogP contribution is -2.14. The second-order valence-electron chi connectivity index (χ2n) is 3.99. The van der Waals surface area contributed by atoms with Crippen LogP contribution in [-0.2, 0) is 0 Å². The first-order valence-corrected chi connectivity index (χ1v) is 5.81. The molecule has 1 aromatic heterocycles. The van der Waals surface area contributed by atoms with Gasteiger partial charge in [-0.25, -0.2) is 0 Å². The van der Waals surface area contributed by atoms with E-state index in [4.69, 9.17) is 4.74 Å². The maximum atomic E-state index is 11.4. The summed E-state index contributed by atoms with van der Waals surface area (Å²) in [6.07, 6.45) is 3.05. The lowest BCUT2D eigenvalue weighted by molar-refractivity contribution is -0.387. The van der Waals surface area contributed by atoms with Crippen molar-refractivity contribution in [2.24, 2.45) is 0 Å². The highest BCUT2D eigenvalue weighted by molar-refractivity contribution is 5.67. The van der Waals surface area contributed by atoms with Gasteiger partial charge >= 0.3 is 11.2 Å². The van der Waals surface area contributed by atoms with Gasteiger partial charge < -0.3 is 14.8 Å². The number of rotatable bonds is 4. The molecule has 0 bridgehead atoms. The molecule has 0 atom stereocenters. The predicted molar refractivity (Wildman–Crippen MR) is 75.1 cm³/mol. The van der Waals surface area contributed by atoms with Crippen molar-refractivity contribution < 1.29 is 14.8 Å². The Morgan fingerprint density at radius 2 is 2.00 bits per heavy atom. The number of nitrogens with zero attached hydrogens (tertiary/aromatic N) is 2. The fourth-order valence-corrected chi connectivity index (χ4v) is 1.61. The summed E-state index contributed by atoms with van der Waals surface area (Å²) in [7, 11) is 1.55. The van der Waals surface area contributed by atoms with Crippen LogP contribution in [0.3, 0.4) is 0 Å². The molecule has 0 aliphatic carbocycles. The Kier molecular flexibility index (Phi) is 3.98. The zero-order valence-electron chi connectivity index (χ0n) is 10.9. The molecule has 0 unspecified atom stereocenters. The highest BCUT2D eigenvalue weighted by Gasteiger charge is 2.21. The molecule has 0 aliphatic heterocycles. The number of nitrogens with one attached hydrogen (secondary N) is 1. The van der Waals surface area contributed by atoms with Crippen molar-refractivity contribution in [2.45, 2.75) is 0 Å². The SMILES string of the molecule is COc1ccc(/C=C\c2nc(O)c([N+](=O)[O-])c(=O)[nH]2)cc1. The molecule has 8 nitrogen and oxygen atoms in total. The van der Waals surface area contributed by atoms with Gasteiger partial charge in [-0.15, -0.1) is 0 Å². The molecule has 2 N–H and O–H groups in total. The van der Waals surface area contributed by atoms with Crippen molar-refractivity contribution in [3.63, 3.8) is 0 Å². The summed E-state index contributed by atoms with van der Waals surface area (Å²) in [4.78, 5) is 26.8. The number of hydrogen-bond acceptors (Lipinski definition) is 6. The van der Waals surface area contributed by atoms with Crippen molar-refractivity contribution in [2.75, 3.05) is 7.11 Å². The molecular formula is C13H11N3O5. The quantitative estimate of drug-likeness (QED) is 0.651. The molecular weight excluding hydrogens is 278 g/mol. The van der Waals surface area contributed by atoms with Crippen LogP contribution in [0.2, 0.25) is 0 Å². The molecule has 2 aromatic rings. The molecule has 8 heteroatoms. The Hall–Kier alpha value is -3.16. The molecule has 0 fully saturated rings. The minimum atomic E-state index is -1.01. The van der Waals surface area contributed by atoms with Crippen LogP contribution in [0.15, 0.2) is 29.1 Å². The first-order valence-electron chi connectivity index (χ1n) is 5.81. The first-order chi connectivity index (χ1) is 10.0. The molecule has 108 valence electrons. The zero-order valence-corrected chi connectivity index (χ0v) is 10.9. The van der Waals surface area contributed by atoms with E-state index >= 15 is 0 Å². The third kappa shape index (κ3) is 3.24. The molecule has 1 aromatic carbocycles.